The largest absolute Gasteiger partial charge is 0.493 e. The molecule has 2 aromatic carbocycles. The predicted octanol–water partition coefficient (Wildman–Crippen LogP) is 2.83. The van der Waals surface area contributed by atoms with Gasteiger partial charge in [0.1, 0.15) is 6.04 Å². The number of carbonyl (C=O) groups is 1. The Morgan fingerprint density at radius 3 is 2.25 bits per heavy atom. The highest BCUT2D eigenvalue weighted by Gasteiger charge is 2.29. The summed E-state index contributed by atoms with van der Waals surface area (Å²) in [5, 5.41) is 3.34. The van der Waals surface area contributed by atoms with Crippen LogP contribution >= 0.6 is 11.6 Å². The van der Waals surface area contributed by atoms with E-state index in [1.54, 1.807) is 36.4 Å². The maximum atomic E-state index is 12.6. The molecule has 0 aromatic heterocycles. The molecule has 0 unspecified atom stereocenters. The highest BCUT2D eigenvalue weighted by atomic mass is 35.5. The number of sulfonamides is 1. The molecule has 0 radical (unpaired) electrons. The van der Waals surface area contributed by atoms with E-state index in [1.807, 2.05) is 0 Å². The van der Waals surface area contributed by atoms with Crippen LogP contribution in [0.25, 0.3) is 0 Å². The van der Waals surface area contributed by atoms with Gasteiger partial charge in [-0.15, -0.1) is 0 Å². The number of anilines is 1. The summed E-state index contributed by atoms with van der Waals surface area (Å²) in [5.74, 6) is 0.386. The van der Waals surface area contributed by atoms with Crippen molar-refractivity contribution < 1.29 is 22.7 Å². The Hall–Kier alpha value is -2.45. The summed E-state index contributed by atoms with van der Waals surface area (Å²) < 4.78 is 36.3. The minimum atomic E-state index is -3.74. The van der Waals surface area contributed by atoms with Crippen molar-refractivity contribution in [3.63, 3.8) is 0 Å². The summed E-state index contributed by atoms with van der Waals surface area (Å²) in [6.45, 7) is 1.78. The monoisotopic (exact) mass is 426 g/mol. The minimum absolute atomic E-state index is 0.254. The third-order valence-electron chi connectivity index (χ3n) is 4.09. The number of hydrogen-bond acceptors (Lipinski definition) is 5. The van der Waals surface area contributed by atoms with Crippen LogP contribution in [0.3, 0.4) is 0 Å². The van der Waals surface area contributed by atoms with Gasteiger partial charge in [0.15, 0.2) is 11.5 Å². The molecule has 0 aliphatic carbocycles. The molecule has 0 saturated carbocycles. The van der Waals surface area contributed by atoms with E-state index in [2.05, 4.69) is 5.32 Å². The number of rotatable bonds is 8. The van der Waals surface area contributed by atoms with Crippen molar-refractivity contribution in [2.24, 2.45) is 0 Å². The first kappa shape index (κ1) is 21.8. The second-order valence-corrected chi connectivity index (χ2v) is 8.41. The topological polar surface area (TPSA) is 84.9 Å². The van der Waals surface area contributed by atoms with E-state index in [0.717, 1.165) is 16.1 Å². The number of nitrogens with one attached hydrogen (secondary N) is 1. The third kappa shape index (κ3) is 5.30. The summed E-state index contributed by atoms with van der Waals surface area (Å²) in [5.41, 5.74) is 1.15. The molecule has 0 bridgehead atoms. The minimum Gasteiger partial charge on any atom is -0.493 e. The Kier molecular flexibility index (Phi) is 7.15. The number of amides is 1. The Morgan fingerprint density at radius 2 is 1.71 bits per heavy atom. The molecule has 2 rings (SSSR count). The van der Waals surface area contributed by atoms with Crippen molar-refractivity contribution in [3.8, 4) is 11.5 Å². The van der Waals surface area contributed by atoms with E-state index in [1.165, 1.54) is 27.2 Å². The Balaban J connectivity index is 2.25. The SMILES string of the molecule is COc1ccc(N([C@H](C)C(=O)NCc2ccc(Cl)cc2)S(C)(=O)=O)cc1OC. The van der Waals surface area contributed by atoms with E-state index >= 15 is 0 Å². The van der Waals surface area contributed by atoms with Gasteiger partial charge in [0.25, 0.3) is 0 Å². The molecule has 152 valence electrons. The van der Waals surface area contributed by atoms with Gasteiger partial charge in [0.05, 0.1) is 26.2 Å². The molecule has 0 aliphatic heterocycles. The molecule has 0 fully saturated rings. The van der Waals surface area contributed by atoms with E-state index in [4.69, 9.17) is 21.1 Å². The Labute approximate surface area is 170 Å². The van der Waals surface area contributed by atoms with Crippen molar-refractivity contribution >= 4 is 33.2 Å². The van der Waals surface area contributed by atoms with Gasteiger partial charge >= 0.3 is 0 Å². The molecule has 7 nitrogen and oxygen atoms in total. The maximum Gasteiger partial charge on any atom is 0.243 e. The van der Waals surface area contributed by atoms with Gasteiger partial charge in [-0.2, -0.15) is 0 Å². The quantitative estimate of drug-likeness (QED) is 0.701. The lowest BCUT2D eigenvalue weighted by Gasteiger charge is -2.28. The fraction of sp³-hybridized carbons (Fsp3) is 0.316. The number of methoxy groups -OCH3 is 2. The van der Waals surface area contributed by atoms with Crippen molar-refractivity contribution in [1.29, 1.82) is 0 Å². The summed E-state index contributed by atoms with van der Waals surface area (Å²) in [6, 6.07) is 10.7. The number of hydrogen-bond donors (Lipinski definition) is 1. The van der Waals surface area contributed by atoms with Gasteiger partial charge < -0.3 is 14.8 Å². The summed E-state index contributed by atoms with van der Waals surface area (Å²) >= 11 is 5.85. The van der Waals surface area contributed by atoms with Gasteiger partial charge in [-0.05, 0) is 36.8 Å². The van der Waals surface area contributed by atoms with Crippen LogP contribution < -0.4 is 19.1 Å². The van der Waals surface area contributed by atoms with Gasteiger partial charge in [0.2, 0.25) is 15.9 Å². The number of ether oxygens (including phenoxy) is 2. The fourth-order valence-corrected chi connectivity index (χ4v) is 4.00. The second-order valence-electron chi connectivity index (χ2n) is 6.12. The van der Waals surface area contributed by atoms with E-state index < -0.39 is 22.0 Å². The fourth-order valence-electron chi connectivity index (χ4n) is 2.71. The van der Waals surface area contributed by atoms with E-state index in [0.29, 0.717) is 22.2 Å². The van der Waals surface area contributed by atoms with Gasteiger partial charge in [-0.3, -0.25) is 9.10 Å². The van der Waals surface area contributed by atoms with E-state index in [-0.39, 0.29) is 6.54 Å². The number of nitrogens with zero attached hydrogens (tertiary/aromatic N) is 1. The Morgan fingerprint density at radius 1 is 1.11 bits per heavy atom. The summed E-state index contributed by atoms with van der Waals surface area (Å²) in [4.78, 5) is 12.6. The maximum absolute atomic E-state index is 12.6. The lowest BCUT2D eigenvalue weighted by atomic mass is 10.2. The zero-order valence-corrected chi connectivity index (χ0v) is 17.7. The van der Waals surface area contributed by atoms with Gasteiger partial charge in [0, 0.05) is 17.6 Å². The highest BCUT2D eigenvalue weighted by molar-refractivity contribution is 7.92. The molecule has 1 amide bonds. The molecule has 0 heterocycles. The molecule has 0 saturated heterocycles. The first-order valence-electron chi connectivity index (χ1n) is 8.41. The Bertz CT molecular complexity index is 932. The molecule has 9 heteroatoms. The molecule has 1 atom stereocenters. The zero-order chi connectivity index (χ0) is 20.9. The van der Waals surface area contributed by atoms with Crippen LogP contribution in [-0.4, -0.2) is 40.8 Å². The van der Waals surface area contributed by atoms with Gasteiger partial charge in [-0.1, -0.05) is 23.7 Å². The first-order chi connectivity index (χ1) is 13.2. The van der Waals surface area contributed by atoms with Crippen molar-refractivity contribution in [3.05, 3.63) is 53.1 Å². The molecule has 2 aromatic rings. The van der Waals surface area contributed by atoms with Gasteiger partial charge in [-0.25, -0.2) is 8.42 Å². The predicted molar refractivity (Wildman–Crippen MR) is 110 cm³/mol. The molecule has 0 aliphatic rings. The molecule has 1 N–H and O–H groups in total. The standard InChI is InChI=1S/C19H23ClN2O5S/c1-13(19(23)21-12-14-5-7-15(20)8-6-14)22(28(4,24)25)16-9-10-17(26-2)18(11-16)27-3/h5-11,13H,12H2,1-4H3,(H,21,23)/t13-/m1/s1. The highest BCUT2D eigenvalue weighted by Crippen LogP contribution is 2.33. The summed E-state index contributed by atoms with van der Waals surface area (Å²) in [6.07, 6.45) is 1.05. The van der Waals surface area contributed by atoms with Crippen molar-refractivity contribution in [2.45, 2.75) is 19.5 Å². The summed E-state index contributed by atoms with van der Waals surface area (Å²) in [7, 11) is -0.799. The van der Waals surface area contributed by atoms with Crippen molar-refractivity contribution in [1.82, 2.24) is 5.32 Å². The molecule has 0 spiro atoms. The van der Waals surface area contributed by atoms with Crippen LogP contribution in [0, 0.1) is 0 Å². The molecular formula is C19H23ClN2O5S. The smallest absolute Gasteiger partial charge is 0.243 e. The lowest BCUT2D eigenvalue weighted by Crippen LogP contribution is -2.47. The number of carbonyl (C=O) groups excluding carboxylic acids is 1. The molecular weight excluding hydrogens is 404 g/mol. The van der Waals surface area contributed by atoms with Crippen LogP contribution in [0.5, 0.6) is 11.5 Å². The van der Waals surface area contributed by atoms with Crippen LogP contribution in [0.4, 0.5) is 5.69 Å². The number of benzene rings is 2. The van der Waals surface area contributed by atoms with Crippen molar-refractivity contribution in [2.75, 3.05) is 24.8 Å². The number of halogens is 1. The zero-order valence-electron chi connectivity index (χ0n) is 16.1. The second kappa shape index (κ2) is 9.16. The average molecular weight is 427 g/mol. The normalized spacial score (nSPS) is 12.2. The molecule has 28 heavy (non-hydrogen) atoms. The van der Waals surface area contributed by atoms with E-state index in [9.17, 15) is 13.2 Å². The van der Waals surface area contributed by atoms with Crippen LogP contribution in [0.2, 0.25) is 5.02 Å². The lowest BCUT2D eigenvalue weighted by molar-refractivity contribution is -0.122. The van der Waals surface area contributed by atoms with Crippen LogP contribution in [-0.2, 0) is 21.4 Å². The third-order valence-corrected chi connectivity index (χ3v) is 5.58. The average Bonchev–Trinajstić information content (AvgIpc) is 2.66. The van der Waals surface area contributed by atoms with Crippen LogP contribution in [0.1, 0.15) is 12.5 Å². The first-order valence-corrected chi connectivity index (χ1v) is 10.6. The van der Waals surface area contributed by atoms with Crippen LogP contribution in [0.15, 0.2) is 42.5 Å².